The number of H-pyrrole nitrogens is 1. The monoisotopic (exact) mass is 455 g/mol. The minimum absolute atomic E-state index is 0.242. The molecule has 1 aromatic heterocycles. The predicted octanol–water partition coefficient (Wildman–Crippen LogP) is 5.75. The van der Waals surface area contributed by atoms with E-state index in [1.807, 2.05) is 24.3 Å². The fraction of sp³-hybridized carbons (Fsp3) is 0.286. The SMILES string of the molecule is O=C(O)c1ccc2nc(-c3ccc(OCCC4CCCCN4Cc4ccccc4)cc3)[nH]c2c1. The highest BCUT2D eigenvalue weighted by molar-refractivity contribution is 5.93. The van der Waals surface area contributed by atoms with Gasteiger partial charge in [-0.25, -0.2) is 9.78 Å². The summed E-state index contributed by atoms with van der Waals surface area (Å²) in [6.07, 6.45) is 4.80. The summed E-state index contributed by atoms with van der Waals surface area (Å²) in [7, 11) is 0. The predicted molar refractivity (Wildman–Crippen MR) is 133 cm³/mol. The Labute approximate surface area is 199 Å². The van der Waals surface area contributed by atoms with Crippen molar-refractivity contribution in [1.29, 1.82) is 0 Å². The van der Waals surface area contributed by atoms with E-state index in [2.05, 4.69) is 45.2 Å². The standard InChI is InChI=1S/C28H29N3O3/c32-28(33)22-11-14-25-26(18-22)30-27(29-25)21-9-12-24(13-10-21)34-17-15-23-8-4-5-16-31(23)19-20-6-2-1-3-7-20/h1-3,6-7,9-14,18,23H,4-5,8,15-17,19H2,(H,29,30)(H,32,33). The van der Waals surface area contributed by atoms with E-state index in [0.29, 0.717) is 24.0 Å². The summed E-state index contributed by atoms with van der Waals surface area (Å²) in [5.41, 5.74) is 4.00. The summed E-state index contributed by atoms with van der Waals surface area (Å²) >= 11 is 0. The van der Waals surface area contributed by atoms with Crippen LogP contribution < -0.4 is 4.74 Å². The quantitative estimate of drug-likeness (QED) is 0.354. The van der Waals surface area contributed by atoms with Crippen LogP contribution in [0.2, 0.25) is 0 Å². The third-order valence-electron chi connectivity index (χ3n) is 6.55. The highest BCUT2D eigenvalue weighted by atomic mass is 16.5. The van der Waals surface area contributed by atoms with E-state index in [4.69, 9.17) is 4.74 Å². The molecule has 0 aliphatic carbocycles. The molecule has 1 atom stereocenters. The van der Waals surface area contributed by atoms with Gasteiger partial charge in [-0.1, -0.05) is 36.8 Å². The third kappa shape index (κ3) is 5.13. The van der Waals surface area contributed by atoms with Crippen molar-refractivity contribution in [1.82, 2.24) is 14.9 Å². The number of hydrogen-bond donors (Lipinski definition) is 2. The molecule has 34 heavy (non-hydrogen) atoms. The lowest BCUT2D eigenvalue weighted by Crippen LogP contribution is -2.39. The molecule has 1 aliphatic rings. The number of carboxylic acid groups (broad SMARTS) is 1. The van der Waals surface area contributed by atoms with E-state index in [-0.39, 0.29) is 5.56 Å². The number of piperidine rings is 1. The van der Waals surface area contributed by atoms with Crippen molar-refractivity contribution < 1.29 is 14.6 Å². The number of benzene rings is 3. The third-order valence-corrected chi connectivity index (χ3v) is 6.55. The van der Waals surface area contributed by atoms with Crippen LogP contribution in [-0.4, -0.2) is 45.1 Å². The summed E-state index contributed by atoms with van der Waals surface area (Å²) in [5, 5.41) is 9.18. The Morgan fingerprint density at radius 3 is 2.68 bits per heavy atom. The van der Waals surface area contributed by atoms with E-state index in [1.165, 1.54) is 24.8 Å². The van der Waals surface area contributed by atoms with Crippen molar-refractivity contribution in [2.45, 2.75) is 38.3 Å². The number of rotatable bonds is 8. The molecular formula is C28H29N3O3. The Hall–Kier alpha value is -3.64. The first-order valence-electron chi connectivity index (χ1n) is 11.9. The largest absolute Gasteiger partial charge is 0.494 e. The number of aromatic nitrogens is 2. The van der Waals surface area contributed by atoms with Crippen molar-refractivity contribution >= 4 is 17.0 Å². The first-order valence-corrected chi connectivity index (χ1v) is 11.9. The van der Waals surface area contributed by atoms with Gasteiger partial charge in [0.2, 0.25) is 0 Å². The van der Waals surface area contributed by atoms with Gasteiger partial charge in [-0.3, -0.25) is 4.90 Å². The molecule has 174 valence electrons. The zero-order valence-electron chi connectivity index (χ0n) is 19.1. The smallest absolute Gasteiger partial charge is 0.335 e. The fourth-order valence-corrected chi connectivity index (χ4v) is 4.71. The number of likely N-dealkylation sites (tertiary alicyclic amines) is 1. The van der Waals surface area contributed by atoms with Crippen molar-refractivity contribution in [2.24, 2.45) is 0 Å². The molecule has 6 heteroatoms. The topological polar surface area (TPSA) is 78.5 Å². The van der Waals surface area contributed by atoms with Crippen LogP contribution in [0, 0.1) is 0 Å². The zero-order chi connectivity index (χ0) is 23.3. The molecule has 2 heterocycles. The van der Waals surface area contributed by atoms with E-state index < -0.39 is 5.97 Å². The maximum Gasteiger partial charge on any atom is 0.335 e. The van der Waals surface area contributed by atoms with Crippen LogP contribution in [0.25, 0.3) is 22.4 Å². The number of carbonyl (C=O) groups is 1. The molecule has 0 bridgehead atoms. The lowest BCUT2D eigenvalue weighted by atomic mass is 9.99. The van der Waals surface area contributed by atoms with Crippen molar-refractivity contribution in [3.05, 3.63) is 83.9 Å². The minimum atomic E-state index is -0.948. The minimum Gasteiger partial charge on any atom is -0.494 e. The number of imidazole rings is 1. The summed E-state index contributed by atoms with van der Waals surface area (Å²) in [6, 6.07) is 24.1. The van der Waals surface area contributed by atoms with Gasteiger partial charge < -0.3 is 14.8 Å². The number of fused-ring (bicyclic) bond motifs is 1. The lowest BCUT2D eigenvalue weighted by molar-refractivity contribution is 0.0697. The summed E-state index contributed by atoms with van der Waals surface area (Å²) in [6.45, 7) is 2.85. The van der Waals surface area contributed by atoms with Crippen LogP contribution in [0.5, 0.6) is 5.75 Å². The molecule has 0 spiro atoms. The number of hydrogen-bond acceptors (Lipinski definition) is 4. The molecule has 4 aromatic rings. The van der Waals surface area contributed by atoms with Crippen molar-refractivity contribution in [2.75, 3.05) is 13.2 Å². The molecule has 1 saturated heterocycles. The van der Waals surface area contributed by atoms with Gasteiger partial charge in [-0.15, -0.1) is 0 Å². The van der Waals surface area contributed by atoms with E-state index in [0.717, 1.165) is 36.3 Å². The molecule has 0 amide bonds. The molecule has 5 rings (SSSR count). The molecular weight excluding hydrogens is 426 g/mol. The number of nitrogens with one attached hydrogen (secondary N) is 1. The van der Waals surface area contributed by atoms with Crippen LogP contribution in [0.4, 0.5) is 0 Å². The van der Waals surface area contributed by atoms with E-state index in [9.17, 15) is 9.90 Å². The van der Waals surface area contributed by atoms with Crippen molar-refractivity contribution in [3.63, 3.8) is 0 Å². The van der Waals surface area contributed by atoms with Crippen LogP contribution in [-0.2, 0) is 6.54 Å². The molecule has 2 N–H and O–H groups in total. The molecule has 6 nitrogen and oxygen atoms in total. The van der Waals surface area contributed by atoms with Gasteiger partial charge in [-0.2, -0.15) is 0 Å². The van der Waals surface area contributed by atoms with Crippen molar-refractivity contribution in [3.8, 4) is 17.1 Å². The average Bonchev–Trinajstić information content (AvgIpc) is 3.30. The van der Waals surface area contributed by atoms with Gasteiger partial charge in [0, 0.05) is 18.2 Å². The molecule has 0 radical (unpaired) electrons. The average molecular weight is 456 g/mol. The Balaban J connectivity index is 1.18. The lowest BCUT2D eigenvalue weighted by Gasteiger charge is -2.35. The van der Waals surface area contributed by atoms with E-state index >= 15 is 0 Å². The number of aromatic carboxylic acids is 1. The molecule has 3 aromatic carbocycles. The van der Waals surface area contributed by atoms with Gasteiger partial charge >= 0.3 is 5.97 Å². The first-order chi connectivity index (χ1) is 16.7. The summed E-state index contributed by atoms with van der Waals surface area (Å²) in [4.78, 5) is 21.6. The van der Waals surface area contributed by atoms with E-state index in [1.54, 1.807) is 18.2 Å². The number of aromatic amines is 1. The summed E-state index contributed by atoms with van der Waals surface area (Å²) < 4.78 is 6.08. The van der Waals surface area contributed by atoms with Crippen LogP contribution >= 0.6 is 0 Å². The maximum atomic E-state index is 11.2. The summed E-state index contributed by atoms with van der Waals surface area (Å²) in [5.74, 6) is 0.609. The molecule has 1 fully saturated rings. The fourth-order valence-electron chi connectivity index (χ4n) is 4.71. The van der Waals surface area contributed by atoms with Crippen LogP contribution in [0.3, 0.4) is 0 Å². The normalized spacial score (nSPS) is 16.5. The van der Waals surface area contributed by atoms with Gasteiger partial charge in [0.25, 0.3) is 0 Å². The van der Waals surface area contributed by atoms with Gasteiger partial charge in [0.15, 0.2) is 0 Å². The Kier molecular flexibility index (Phi) is 6.58. The second-order valence-corrected chi connectivity index (χ2v) is 8.89. The Bertz CT molecular complexity index is 1250. The number of ether oxygens (including phenoxy) is 1. The number of nitrogens with zero attached hydrogens (tertiary/aromatic N) is 2. The zero-order valence-corrected chi connectivity index (χ0v) is 19.1. The highest BCUT2D eigenvalue weighted by Gasteiger charge is 2.22. The highest BCUT2D eigenvalue weighted by Crippen LogP contribution is 2.25. The molecule has 0 saturated carbocycles. The Morgan fingerprint density at radius 2 is 1.88 bits per heavy atom. The van der Waals surface area contributed by atoms with Crippen LogP contribution in [0.1, 0.15) is 41.6 Å². The van der Waals surface area contributed by atoms with Gasteiger partial charge in [-0.05, 0) is 73.8 Å². The number of carboxylic acids is 1. The Morgan fingerprint density at radius 1 is 1.06 bits per heavy atom. The second-order valence-electron chi connectivity index (χ2n) is 8.89. The first kappa shape index (κ1) is 22.2. The second kappa shape index (κ2) is 10.1. The molecule has 1 unspecified atom stereocenters. The molecule has 1 aliphatic heterocycles. The van der Waals surface area contributed by atoms with Gasteiger partial charge in [0.05, 0.1) is 23.2 Å². The maximum absolute atomic E-state index is 11.2. The van der Waals surface area contributed by atoms with Gasteiger partial charge in [0.1, 0.15) is 11.6 Å². The van der Waals surface area contributed by atoms with Crippen LogP contribution in [0.15, 0.2) is 72.8 Å².